The average Bonchev–Trinajstić information content (AvgIpc) is 2.76. The van der Waals surface area contributed by atoms with Crippen molar-refractivity contribution in [2.24, 2.45) is 0 Å². The van der Waals surface area contributed by atoms with E-state index in [1.807, 2.05) is 0 Å². The highest BCUT2D eigenvalue weighted by Crippen LogP contribution is 2.44. The first kappa shape index (κ1) is 41.3. The zero-order valence-corrected chi connectivity index (χ0v) is 20.2. The topological polar surface area (TPSA) is 560 Å². The normalized spacial score (nSPS) is 16.4. The molecule has 256 valence electrons. The van der Waals surface area contributed by atoms with Gasteiger partial charge in [-0.15, -0.1) is 0 Å². The fourth-order valence-corrected chi connectivity index (χ4v) is 2.71. The van der Waals surface area contributed by atoms with E-state index in [0.29, 0.717) is 0 Å². The van der Waals surface area contributed by atoms with Gasteiger partial charge in [0.25, 0.3) is 46.3 Å². The molecule has 0 aromatic rings. The minimum absolute atomic E-state index is 2.99. The summed E-state index contributed by atoms with van der Waals surface area (Å²) >= 11 is 0. The van der Waals surface area contributed by atoms with Gasteiger partial charge in [-0.3, -0.25) is 9.59 Å². The van der Waals surface area contributed by atoms with Crippen molar-refractivity contribution in [1.29, 1.82) is 0 Å². The second-order valence-corrected chi connectivity index (χ2v) is 9.02. The van der Waals surface area contributed by atoms with Crippen LogP contribution in [-0.4, -0.2) is 214 Å². The molecule has 0 aliphatic carbocycles. The van der Waals surface area contributed by atoms with E-state index in [2.05, 4.69) is 0 Å². The summed E-state index contributed by atoms with van der Waals surface area (Å²) < 4.78 is 0. The first-order valence-corrected chi connectivity index (χ1v) is 9.93. The molecule has 0 saturated carbocycles. The smallest absolute Gasteiger partial charge is 0.338 e. The number of hydrogen-bond donors (Lipinski definition) is 26. The fourth-order valence-electron chi connectivity index (χ4n) is 2.71. The van der Waals surface area contributed by atoms with Crippen LogP contribution in [0.1, 0.15) is 6.42 Å². The van der Waals surface area contributed by atoms with Crippen LogP contribution in [0.2, 0.25) is 0 Å². The van der Waals surface area contributed by atoms with E-state index in [1.54, 1.807) is 0 Å². The number of ketones is 2. The van der Waals surface area contributed by atoms with E-state index in [-0.39, 0.29) is 0 Å². The molecule has 28 heteroatoms. The highest BCUT2D eigenvalue weighted by molar-refractivity contribution is 6.05. The third-order valence-electron chi connectivity index (χ3n) is 5.92. The summed E-state index contributed by atoms with van der Waals surface area (Å²) in [5.41, 5.74) is 0. The van der Waals surface area contributed by atoms with Gasteiger partial charge in [-0.2, -0.15) is 0 Å². The fraction of sp³-hybridized carbons (Fsp3) is 0.867. The first-order valence-electron chi connectivity index (χ1n) is 9.93. The van der Waals surface area contributed by atoms with Gasteiger partial charge in [-0.1, -0.05) is 0 Å². The van der Waals surface area contributed by atoms with Crippen LogP contribution in [0.25, 0.3) is 0 Å². The molecule has 28 nitrogen and oxygen atoms in total. The van der Waals surface area contributed by atoms with Crippen molar-refractivity contribution in [2.45, 2.75) is 76.2 Å². The molecule has 0 aliphatic rings. The van der Waals surface area contributed by atoms with Crippen LogP contribution in [0.4, 0.5) is 0 Å². The van der Waals surface area contributed by atoms with Gasteiger partial charge in [-0.05, 0) is 0 Å². The van der Waals surface area contributed by atoms with Crippen LogP contribution >= 0.6 is 0 Å². The molecule has 0 unspecified atom stereocenters. The van der Waals surface area contributed by atoms with Gasteiger partial charge in [0.2, 0.25) is 11.6 Å². The highest BCUT2D eigenvalue weighted by atomic mass is 16.8. The van der Waals surface area contributed by atoms with Gasteiger partial charge in [0.05, 0.1) is 6.42 Å². The molecule has 0 radical (unpaired) electrons. The molecule has 0 rings (SSSR count). The van der Waals surface area contributed by atoms with Crippen molar-refractivity contribution >= 4 is 11.6 Å². The van der Waals surface area contributed by atoms with E-state index in [0.717, 1.165) is 0 Å². The predicted octanol–water partition coefficient (Wildman–Crippen LogP) is -17.4. The lowest BCUT2D eigenvalue weighted by Crippen LogP contribution is -2.86. The number of carbonyl (C=O) groups is 2. The zero-order valence-electron chi connectivity index (χ0n) is 20.2. The molecule has 0 aromatic carbocycles. The van der Waals surface area contributed by atoms with Crippen molar-refractivity contribution in [3.8, 4) is 0 Å². The zero-order chi connectivity index (χ0) is 35.9. The lowest BCUT2D eigenvalue weighted by molar-refractivity contribution is -0.577. The Morgan fingerprint density at radius 3 is 0.605 bits per heavy atom. The molecule has 0 aromatic heterocycles. The molecule has 0 saturated heterocycles. The molecule has 0 fully saturated rings. The number of aliphatic hydroxyl groups is 26. The minimum atomic E-state index is -5.98. The van der Waals surface area contributed by atoms with Gasteiger partial charge in [0.1, 0.15) is 0 Å². The number of Topliss-reactive ketones (excluding diaryl/α,β-unsaturated/α-hetero) is 2. The van der Waals surface area contributed by atoms with Gasteiger partial charge in [-0.25, -0.2) is 0 Å². The summed E-state index contributed by atoms with van der Waals surface area (Å²) in [6, 6.07) is 0. The Morgan fingerprint density at radius 1 is 0.279 bits per heavy atom. The summed E-state index contributed by atoms with van der Waals surface area (Å²) in [6.45, 7) is 0. The van der Waals surface area contributed by atoms with Crippen molar-refractivity contribution in [1.82, 2.24) is 0 Å². The lowest BCUT2D eigenvalue weighted by Gasteiger charge is -2.51. The monoisotopic (exact) mass is 656 g/mol. The Labute approximate surface area is 231 Å². The van der Waals surface area contributed by atoms with E-state index in [4.69, 9.17) is 30.6 Å². The van der Waals surface area contributed by atoms with E-state index in [9.17, 15) is 112 Å². The van der Waals surface area contributed by atoms with Gasteiger partial charge >= 0.3 is 23.5 Å². The Hall–Kier alpha value is -1.70. The number of hydrogen-bond acceptors (Lipinski definition) is 28. The lowest BCUT2D eigenvalue weighted by atomic mass is 9.79. The van der Waals surface area contributed by atoms with E-state index in [1.165, 1.54) is 0 Å². The highest BCUT2D eigenvalue weighted by Gasteiger charge is 2.82. The van der Waals surface area contributed by atoms with Crippen LogP contribution in [-0.2, 0) is 9.59 Å². The van der Waals surface area contributed by atoms with E-state index >= 15 is 0 Å². The Morgan fingerprint density at radius 2 is 0.442 bits per heavy atom. The minimum Gasteiger partial charge on any atom is -0.357 e. The summed E-state index contributed by atoms with van der Waals surface area (Å²) in [6.07, 6.45) is -2.99. The molecule has 0 bridgehead atoms. The molecule has 0 spiro atoms. The van der Waals surface area contributed by atoms with Crippen molar-refractivity contribution < 1.29 is 142 Å². The maximum atomic E-state index is 12.2. The average molecular weight is 656 g/mol. The SMILES string of the molecule is O=C(CC(=O)C(O)(O)C(O)(O)C(O)(O)C(O)(O)C(O)(O)C(O)(O)O)C(O)(O)C(O)(O)C(O)(O)C(O)(O)C(O)(O)C(O)(O)O. The summed E-state index contributed by atoms with van der Waals surface area (Å²) in [7, 11) is 0. The van der Waals surface area contributed by atoms with Crippen LogP contribution in [0.3, 0.4) is 0 Å². The van der Waals surface area contributed by atoms with E-state index < -0.39 is 87.8 Å². The molecule has 0 aliphatic heterocycles. The van der Waals surface area contributed by atoms with Crippen molar-refractivity contribution in [2.75, 3.05) is 0 Å². The Balaban J connectivity index is 6.75. The Bertz CT molecular complexity index is 979. The van der Waals surface area contributed by atoms with Crippen molar-refractivity contribution in [3.63, 3.8) is 0 Å². The third-order valence-corrected chi connectivity index (χ3v) is 5.92. The van der Waals surface area contributed by atoms with Crippen LogP contribution in [0.15, 0.2) is 0 Å². The third kappa shape index (κ3) is 5.43. The van der Waals surface area contributed by atoms with Crippen molar-refractivity contribution in [3.05, 3.63) is 0 Å². The van der Waals surface area contributed by atoms with Crippen LogP contribution in [0.5, 0.6) is 0 Å². The quantitative estimate of drug-likeness (QED) is 0.0609. The molecule has 26 N–H and O–H groups in total. The summed E-state index contributed by atoms with van der Waals surface area (Å²) in [4.78, 5) is 24.3. The Kier molecular flexibility index (Phi) is 10.0. The maximum absolute atomic E-state index is 12.2. The first-order chi connectivity index (χ1) is 18.0. The second kappa shape index (κ2) is 10.4. The molecular formula is C15H28O28. The summed E-state index contributed by atoms with van der Waals surface area (Å²) in [5, 5.41) is 244. The van der Waals surface area contributed by atoms with Crippen LogP contribution < -0.4 is 0 Å². The van der Waals surface area contributed by atoms with Gasteiger partial charge in [0, 0.05) is 0 Å². The second-order valence-electron chi connectivity index (χ2n) is 9.02. The van der Waals surface area contributed by atoms with Gasteiger partial charge in [0.15, 0.2) is 0 Å². The predicted molar refractivity (Wildman–Crippen MR) is 105 cm³/mol. The number of rotatable bonds is 14. The van der Waals surface area contributed by atoms with Crippen LogP contribution in [0, 0.1) is 0 Å². The molecule has 0 amide bonds. The summed E-state index contributed by atoms with van der Waals surface area (Å²) in [5.74, 6) is -75.3. The largest absolute Gasteiger partial charge is 0.357 e. The van der Waals surface area contributed by atoms with Gasteiger partial charge < -0.3 is 133 Å². The molecule has 0 atom stereocenters. The maximum Gasteiger partial charge on any atom is 0.338 e. The molecular weight excluding hydrogens is 628 g/mol. The molecule has 43 heavy (non-hydrogen) atoms. The standard InChI is InChI=1S/C15H28O28/c16-2(4(18,19)6(22,23)8(26,27)10(30,31)12(34,35)14(38,39)40)1-3(17)5(20,21)7(24,25)9(28,29)11(32,33)13(36,37)15(41,42)43/h18-43H,1H2. The molecule has 0 heterocycles. The number of carbonyl (C=O) groups excluding carboxylic acids is 2.